The van der Waals surface area contributed by atoms with Crippen molar-refractivity contribution < 1.29 is 14.3 Å². The van der Waals surface area contributed by atoms with E-state index < -0.39 is 0 Å². The van der Waals surface area contributed by atoms with Crippen molar-refractivity contribution in [1.82, 2.24) is 19.4 Å². The van der Waals surface area contributed by atoms with Crippen molar-refractivity contribution in [2.24, 2.45) is 0 Å². The van der Waals surface area contributed by atoms with E-state index in [4.69, 9.17) is 9.47 Å². The maximum atomic E-state index is 12.6. The van der Waals surface area contributed by atoms with E-state index in [2.05, 4.69) is 14.5 Å². The van der Waals surface area contributed by atoms with Gasteiger partial charge in [-0.05, 0) is 6.42 Å². The van der Waals surface area contributed by atoms with E-state index in [1.54, 1.807) is 6.20 Å². The number of hydrogen-bond donors (Lipinski definition) is 0. The maximum Gasteiger partial charge on any atom is 0.272 e. The summed E-state index contributed by atoms with van der Waals surface area (Å²) in [4.78, 5) is 21.4. The third kappa shape index (κ3) is 2.53. The van der Waals surface area contributed by atoms with Crippen LogP contribution in [-0.4, -0.2) is 77.4 Å². The molecule has 3 aliphatic heterocycles. The number of hydrogen-bond acceptors (Lipinski definition) is 5. The van der Waals surface area contributed by atoms with Gasteiger partial charge in [0.25, 0.3) is 5.91 Å². The number of amides is 1. The fourth-order valence-electron chi connectivity index (χ4n) is 3.50. The van der Waals surface area contributed by atoms with Gasteiger partial charge in [0.15, 0.2) is 0 Å². The van der Waals surface area contributed by atoms with E-state index in [0.717, 1.165) is 50.8 Å². The summed E-state index contributed by atoms with van der Waals surface area (Å²) in [6.07, 6.45) is 2.84. The molecule has 0 bridgehead atoms. The Bertz CT molecular complexity index is 547. The molecule has 0 aromatic carbocycles. The van der Waals surface area contributed by atoms with E-state index in [0.29, 0.717) is 32.3 Å². The average molecular weight is 306 g/mol. The van der Waals surface area contributed by atoms with Gasteiger partial charge in [0.05, 0.1) is 32.6 Å². The van der Waals surface area contributed by atoms with Crippen LogP contribution in [0.3, 0.4) is 0 Å². The van der Waals surface area contributed by atoms with Crippen LogP contribution >= 0.6 is 0 Å². The zero-order valence-electron chi connectivity index (χ0n) is 12.7. The van der Waals surface area contributed by atoms with Crippen LogP contribution in [0.25, 0.3) is 0 Å². The van der Waals surface area contributed by atoms with Crippen LogP contribution < -0.4 is 0 Å². The molecule has 1 atom stereocenters. The lowest BCUT2D eigenvalue weighted by atomic mass is 10.2. The van der Waals surface area contributed by atoms with Crippen molar-refractivity contribution >= 4 is 5.91 Å². The number of imidazole rings is 1. The van der Waals surface area contributed by atoms with Crippen molar-refractivity contribution in [3.05, 3.63) is 17.7 Å². The minimum absolute atomic E-state index is 0.0831. The molecule has 7 heteroatoms. The van der Waals surface area contributed by atoms with Crippen LogP contribution in [0.2, 0.25) is 0 Å². The van der Waals surface area contributed by atoms with Crippen molar-refractivity contribution in [3.8, 4) is 0 Å². The van der Waals surface area contributed by atoms with Crippen LogP contribution in [0.1, 0.15) is 22.7 Å². The zero-order chi connectivity index (χ0) is 14.9. The molecule has 120 valence electrons. The standard InChI is InChI=1S/C15H22N4O3/c20-15(17-4-7-21-8-5-17)13-9-16-14-10-18(2-3-19(13)14)12-1-6-22-11-12/h9,12H,1-8,10-11H2. The molecule has 0 spiro atoms. The van der Waals surface area contributed by atoms with Gasteiger partial charge in [-0.15, -0.1) is 0 Å². The normalized spacial score (nSPS) is 26.2. The molecule has 22 heavy (non-hydrogen) atoms. The van der Waals surface area contributed by atoms with E-state index in [9.17, 15) is 4.79 Å². The molecule has 7 nitrogen and oxygen atoms in total. The Morgan fingerprint density at radius 2 is 2.00 bits per heavy atom. The van der Waals surface area contributed by atoms with E-state index in [-0.39, 0.29) is 5.91 Å². The number of nitrogens with zero attached hydrogens (tertiary/aromatic N) is 4. The summed E-state index contributed by atoms with van der Waals surface area (Å²) in [6, 6.07) is 0.504. The van der Waals surface area contributed by atoms with Gasteiger partial charge in [-0.2, -0.15) is 0 Å². The fourth-order valence-corrected chi connectivity index (χ4v) is 3.50. The number of fused-ring (bicyclic) bond motifs is 1. The fraction of sp³-hybridized carbons (Fsp3) is 0.733. The lowest BCUT2D eigenvalue weighted by Gasteiger charge is -2.33. The summed E-state index contributed by atoms with van der Waals surface area (Å²) in [5, 5.41) is 0. The van der Waals surface area contributed by atoms with E-state index in [1.165, 1.54) is 0 Å². The molecule has 0 aliphatic carbocycles. The van der Waals surface area contributed by atoms with E-state index in [1.807, 2.05) is 4.90 Å². The van der Waals surface area contributed by atoms with Crippen LogP contribution in [-0.2, 0) is 22.6 Å². The molecule has 4 heterocycles. The molecule has 3 aliphatic rings. The van der Waals surface area contributed by atoms with Crippen molar-refractivity contribution in [2.75, 3.05) is 46.1 Å². The van der Waals surface area contributed by atoms with Crippen molar-refractivity contribution in [2.45, 2.75) is 25.6 Å². The second kappa shape index (κ2) is 5.98. The molecule has 1 unspecified atom stereocenters. The predicted octanol–water partition coefficient (Wildman–Crippen LogP) is -0.0400. The Hall–Kier alpha value is -1.44. The molecule has 4 rings (SSSR count). The lowest BCUT2D eigenvalue weighted by Crippen LogP contribution is -2.44. The second-order valence-electron chi connectivity index (χ2n) is 6.10. The number of aromatic nitrogens is 2. The number of carbonyl (C=O) groups is 1. The number of morpholine rings is 1. The third-order valence-electron chi connectivity index (χ3n) is 4.83. The number of ether oxygens (including phenoxy) is 2. The lowest BCUT2D eigenvalue weighted by molar-refractivity contribution is 0.0293. The first-order valence-electron chi connectivity index (χ1n) is 8.06. The van der Waals surface area contributed by atoms with Crippen LogP contribution in [0.5, 0.6) is 0 Å². The van der Waals surface area contributed by atoms with Gasteiger partial charge in [0, 0.05) is 38.8 Å². The van der Waals surface area contributed by atoms with Gasteiger partial charge in [-0.25, -0.2) is 4.98 Å². The average Bonchev–Trinajstić information content (AvgIpc) is 3.24. The summed E-state index contributed by atoms with van der Waals surface area (Å²) in [5.74, 6) is 1.08. The summed E-state index contributed by atoms with van der Waals surface area (Å²) < 4.78 is 12.9. The largest absolute Gasteiger partial charge is 0.380 e. The Labute approximate surface area is 129 Å². The number of carbonyl (C=O) groups excluding carboxylic acids is 1. The second-order valence-corrected chi connectivity index (χ2v) is 6.10. The van der Waals surface area contributed by atoms with Gasteiger partial charge >= 0.3 is 0 Å². The summed E-state index contributed by atoms with van der Waals surface area (Å²) in [7, 11) is 0. The first-order valence-corrected chi connectivity index (χ1v) is 8.06. The summed E-state index contributed by atoms with van der Waals surface area (Å²) in [5.41, 5.74) is 0.722. The Balaban J connectivity index is 1.49. The number of rotatable bonds is 2. The third-order valence-corrected chi connectivity index (χ3v) is 4.83. The molecule has 0 radical (unpaired) electrons. The maximum absolute atomic E-state index is 12.6. The van der Waals surface area contributed by atoms with Gasteiger partial charge in [0.2, 0.25) is 0 Å². The Morgan fingerprint density at radius 1 is 1.14 bits per heavy atom. The first-order chi connectivity index (χ1) is 10.8. The summed E-state index contributed by atoms with van der Waals surface area (Å²) >= 11 is 0. The van der Waals surface area contributed by atoms with Crippen LogP contribution in [0, 0.1) is 0 Å². The van der Waals surface area contributed by atoms with Gasteiger partial charge in [0.1, 0.15) is 11.5 Å². The zero-order valence-corrected chi connectivity index (χ0v) is 12.7. The molecular weight excluding hydrogens is 284 g/mol. The highest BCUT2D eigenvalue weighted by molar-refractivity contribution is 5.92. The first kappa shape index (κ1) is 14.2. The van der Waals surface area contributed by atoms with Crippen LogP contribution in [0.15, 0.2) is 6.20 Å². The molecule has 0 N–H and O–H groups in total. The highest BCUT2D eigenvalue weighted by atomic mass is 16.5. The van der Waals surface area contributed by atoms with Crippen LogP contribution in [0.4, 0.5) is 0 Å². The topological polar surface area (TPSA) is 59.8 Å². The SMILES string of the molecule is O=C(c1cnc2n1CCN(C1CCOC1)C2)N1CCOCC1. The molecule has 2 fully saturated rings. The van der Waals surface area contributed by atoms with E-state index >= 15 is 0 Å². The predicted molar refractivity (Wildman–Crippen MR) is 78.6 cm³/mol. The van der Waals surface area contributed by atoms with Gasteiger partial charge in [-0.3, -0.25) is 9.69 Å². The molecule has 1 amide bonds. The Kier molecular flexibility index (Phi) is 3.85. The smallest absolute Gasteiger partial charge is 0.272 e. The van der Waals surface area contributed by atoms with Crippen molar-refractivity contribution in [1.29, 1.82) is 0 Å². The molecule has 0 saturated carbocycles. The monoisotopic (exact) mass is 306 g/mol. The molecular formula is C15H22N4O3. The Morgan fingerprint density at radius 3 is 2.77 bits per heavy atom. The highest BCUT2D eigenvalue weighted by Crippen LogP contribution is 2.21. The minimum atomic E-state index is 0.0831. The molecule has 1 aromatic rings. The highest BCUT2D eigenvalue weighted by Gasteiger charge is 2.30. The van der Waals surface area contributed by atoms with Gasteiger partial charge < -0.3 is 18.9 Å². The van der Waals surface area contributed by atoms with Crippen molar-refractivity contribution in [3.63, 3.8) is 0 Å². The summed E-state index contributed by atoms with van der Waals surface area (Å²) in [6.45, 7) is 6.87. The molecule has 1 aromatic heterocycles. The van der Waals surface area contributed by atoms with Gasteiger partial charge in [-0.1, -0.05) is 0 Å². The molecule has 2 saturated heterocycles. The quantitative estimate of drug-likeness (QED) is 0.767. The minimum Gasteiger partial charge on any atom is -0.380 e.